The van der Waals surface area contributed by atoms with Crippen LogP contribution in [0.2, 0.25) is 0 Å². The Morgan fingerprint density at radius 1 is 1.17 bits per heavy atom. The van der Waals surface area contributed by atoms with E-state index >= 15 is 0 Å². The monoisotopic (exact) mass is 273 g/mol. The highest BCUT2D eigenvalue weighted by atomic mass is 35.5. The van der Waals surface area contributed by atoms with Gasteiger partial charge in [-0.2, -0.15) is 0 Å². The predicted molar refractivity (Wildman–Crippen MR) is 77.9 cm³/mol. The molecular formula is C15H28ClNO. The first-order valence-corrected chi connectivity index (χ1v) is 8.14. The molecule has 2 nitrogen and oxygen atoms in total. The first-order chi connectivity index (χ1) is 8.77. The predicted octanol–water partition coefficient (Wildman–Crippen LogP) is 4.12. The number of hydrogen-bond donors (Lipinski definition) is 1. The van der Waals surface area contributed by atoms with Crippen LogP contribution in [0, 0.1) is 11.8 Å². The lowest BCUT2D eigenvalue weighted by Gasteiger charge is -2.30. The van der Waals surface area contributed by atoms with E-state index in [2.05, 4.69) is 12.2 Å². The third-order valence-corrected chi connectivity index (χ3v) is 4.48. The maximum Gasteiger partial charge on any atom is 0.220 e. The molecule has 18 heavy (non-hydrogen) atoms. The fraction of sp³-hybridized carbons (Fsp3) is 0.933. The number of carbonyl (C=O) groups excluding carboxylic acids is 1. The Balaban J connectivity index is 2.12. The Bertz CT molecular complexity index is 233. The van der Waals surface area contributed by atoms with Gasteiger partial charge in [0.2, 0.25) is 5.91 Å². The van der Waals surface area contributed by atoms with E-state index in [1.165, 1.54) is 44.9 Å². The maximum atomic E-state index is 11.7. The van der Waals surface area contributed by atoms with Crippen molar-refractivity contribution in [3.63, 3.8) is 0 Å². The number of unbranched alkanes of at least 4 members (excludes halogenated alkanes) is 3. The van der Waals surface area contributed by atoms with Crippen molar-refractivity contribution in [3.8, 4) is 0 Å². The Morgan fingerprint density at radius 2 is 1.89 bits per heavy atom. The quantitative estimate of drug-likeness (QED) is 0.523. The number of nitrogens with one attached hydrogen (secondary N) is 1. The van der Waals surface area contributed by atoms with Crippen LogP contribution in [-0.2, 0) is 4.79 Å². The van der Waals surface area contributed by atoms with Crippen molar-refractivity contribution in [1.29, 1.82) is 0 Å². The Hall–Kier alpha value is -0.240. The minimum atomic E-state index is 0.227. The van der Waals surface area contributed by atoms with Crippen molar-refractivity contribution < 1.29 is 4.79 Å². The summed E-state index contributed by atoms with van der Waals surface area (Å²) in [5.41, 5.74) is 0. The molecule has 1 N–H and O–H groups in total. The molecule has 1 aliphatic carbocycles. The number of hydrogen-bond acceptors (Lipinski definition) is 1. The molecule has 0 aromatic rings. The van der Waals surface area contributed by atoms with Gasteiger partial charge in [0, 0.05) is 18.8 Å². The summed E-state index contributed by atoms with van der Waals surface area (Å²) in [7, 11) is 0. The largest absolute Gasteiger partial charge is 0.356 e. The fourth-order valence-corrected chi connectivity index (χ4v) is 3.21. The topological polar surface area (TPSA) is 29.1 Å². The molecule has 2 atom stereocenters. The van der Waals surface area contributed by atoms with Crippen LogP contribution in [0.5, 0.6) is 0 Å². The van der Waals surface area contributed by atoms with E-state index in [1.54, 1.807) is 0 Å². The van der Waals surface area contributed by atoms with E-state index in [9.17, 15) is 4.79 Å². The van der Waals surface area contributed by atoms with Crippen molar-refractivity contribution in [2.75, 3.05) is 12.4 Å². The Kier molecular flexibility index (Phi) is 8.49. The highest BCUT2D eigenvalue weighted by Crippen LogP contribution is 2.30. The molecular weight excluding hydrogens is 246 g/mol. The first-order valence-electron chi connectivity index (χ1n) is 7.60. The molecule has 0 aromatic heterocycles. The highest BCUT2D eigenvalue weighted by molar-refractivity contribution is 6.18. The Morgan fingerprint density at radius 3 is 2.56 bits per heavy atom. The van der Waals surface area contributed by atoms with Gasteiger partial charge in [-0.25, -0.2) is 0 Å². The van der Waals surface area contributed by atoms with E-state index in [-0.39, 0.29) is 5.91 Å². The average molecular weight is 274 g/mol. The van der Waals surface area contributed by atoms with Gasteiger partial charge >= 0.3 is 0 Å². The van der Waals surface area contributed by atoms with E-state index in [0.717, 1.165) is 18.8 Å². The molecule has 1 aliphatic rings. The summed E-state index contributed by atoms with van der Waals surface area (Å²) in [5, 5.41) is 3.10. The van der Waals surface area contributed by atoms with Gasteiger partial charge in [-0.05, 0) is 31.1 Å². The lowest BCUT2D eigenvalue weighted by atomic mass is 9.80. The molecule has 0 heterocycles. The Labute approximate surface area is 117 Å². The number of rotatable bonds is 8. The van der Waals surface area contributed by atoms with Crippen LogP contribution in [0.4, 0.5) is 0 Å². The third-order valence-electron chi connectivity index (χ3n) is 4.08. The number of carbonyl (C=O) groups is 1. The molecule has 2 unspecified atom stereocenters. The number of alkyl halides is 1. The smallest absolute Gasteiger partial charge is 0.220 e. The standard InChI is InChI=1S/C15H28ClNO/c1-2-3-4-5-10-15(18)17-12-14-9-7-6-8-13(14)11-16/h13-14H,2-12H2,1H3,(H,17,18). The molecule has 1 rings (SSSR count). The minimum absolute atomic E-state index is 0.227. The van der Waals surface area contributed by atoms with Crippen LogP contribution in [0.1, 0.15) is 64.7 Å². The zero-order chi connectivity index (χ0) is 13.2. The van der Waals surface area contributed by atoms with Gasteiger partial charge in [0.25, 0.3) is 0 Å². The van der Waals surface area contributed by atoms with Crippen LogP contribution in [0.3, 0.4) is 0 Å². The van der Waals surface area contributed by atoms with Crippen molar-refractivity contribution >= 4 is 17.5 Å². The fourth-order valence-electron chi connectivity index (χ4n) is 2.80. The van der Waals surface area contributed by atoms with Crippen LogP contribution in [0.15, 0.2) is 0 Å². The molecule has 0 aromatic carbocycles. The van der Waals surface area contributed by atoms with Crippen molar-refractivity contribution in [2.45, 2.75) is 64.7 Å². The van der Waals surface area contributed by atoms with Gasteiger partial charge in [-0.15, -0.1) is 11.6 Å². The van der Waals surface area contributed by atoms with Gasteiger partial charge in [-0.1, -0.05) is 39.0 Å². The normalized spacial score (nSPS) is 23.9. The maximum absolute atomic E-state index is 11.7. The third kappa shape index (κ3) is 6.08. The number of halogens is 1. The van der Waals surface area contributed by atoms with Crippen molar-refractivity contribution in [3.05, 3.63) is 0 Å². The SMILES string of the molecule is CCCCCCC(=O)NCC1CCCCC1CCl. The lowest BCUT2D eigenvalue weighted by Crippen LogP contribution is -2.34. The van der Waals surface area contributed by atoms with E-state index in [4.69, 9.17) is 11.6 Å². The molecule has 0 radical (unpaired) electrons. The minimum Gasteiger partial charge on any atom is -0.356 e. The average Bonchev–Trinajstić information content (AvgIpc) is 2.41. The summed E-state index contributed by atoms with van der Waals surface area (Å²) >= 11 is 6.00. The molecule has 0 spiro atoms. The first kappa shape index (κ1) is 15.8. The van der Waals surface area contributed by atoms with Crippen LogP contribution in [-0.4, -0.2) is 18.3 Å². The van der Waals surface area contributed by atoms with Crippen LogP contribution >= 0.6 is 11.6 Å². The summed E-state index contributed by atoms with van der Waals surface area (Å²) in [6.45, 7) is 3.03. The molecule has 3 heteroatoms. The van der Waals surface area contributed by atoms with Crippen molar-refractivity contribution in [1.82, 2.24) is 5.32 Å². The summed E-state index contributed by atoms with van der Waals surface area (Å²) < 4.78 is 0. The summed E-state index contributed by atoms with van der Waals surface area (Å²) in [4.78, 5) is 11.7. The van der Waals surface area contributed by atoms with Gasteiger partial charge in [0.05, 0.1) is 0 Å². The van der Waals surface area contributed by atoms with E-state index in [0.29, 0.717) is 18.3 Å². The van der Waals surface area contributed by atoms with Gasteiger partial charge in [0.1, 0.15) is 0 Å². The summed E-state index contributed by atoms with van der Waals surface area (Å²) in [5.74, 6) is 2.19. The second-order valence-corrected chi connectivity index (χ2v) is 5.88. The zero-order valence-electron chi connectivity index (χ0n) is 11.7. The molecule has 1 amide bonds. The van der Waals surface area contributed by atoms with Gasteiger partial charge < -0.3 is 5.32 Å². The molecule has 106 valence electrons. The second kappa shape index (κ2) is 9.66. The van der Waals surface area contributed by atoms with Gasteiger partial charge in [-0.3, -0.25) is 4.79 Å². The van der Waals surface area contributed by atoms with E-state index in [1.807, 2.05) is 0 Å². The van der Waals surface area contributed by atoms with Crippen LogP contribution in [0.25, 0.3) is 0 Å². The van der Waals surface area contributed by atoms with Crippen LogP contribution < -0.4 is 5.32 Å². The summed E-state index contributed by atoms with van der Waals surface area (Å²) in [6.07, 6.45) is 10.4. The number of amides is 1. The zero-order valence-corrected chi connectivity index (χ0v) is 12.5. The summed E-state index contributed by atoms with van der Waals surface area (Å²) in [6, 6.07) is 0. The van der Waals surface area contributed by atoms with Gasteiger partial charge in [0.15, 0.2) is 0 Å². The van der Waals surface area contributed by atoms with Crippen molar-refractivity contribution in [2.24, 2.45) is 11.8 Å². The second-order valence-electron chi connectivity index (χ2n) is 5.57. The molecule has 0 saturated heterocycles. The van der Waals surface area contributed by atoms with E-state index < -0.39 is 0 Å². The lowest BCUT2D eigenvalue weighted by molar-refractivity contribution is -0.121. The molecule has 1 fully saturated rings. The molecule has 1 saturated carbocycles. The molecule has 0 aliphatic heterocycles. The highest BCUT2D eigenvalue weighted by Gasteiger charge is 2.24. The molecule has 0 bridgehead atoms.